The lowest BCUT2D eigenvalue weighted by Crippen LogP contribution is -2.26. The molecule has 6 heteroatoms. The molecule has 1 rings (SSSR count). The molecule has 0 radical (unpaired) electrons. The van der Waals surface area contributed by atoms with Crippen LogP contribution in [0.25, 0.3) is 0 Å². The van der Waals surface area contributed by atoms with Crippen LogP contribution in [0.3, 0.4) is 0 Å². The summed E-state index contributed by atoms with van der Waals surface area (Å²) in [7, 11) is 1.57. The summed E-state index contributed by atoms with van der Waals surface area (Å²) in [6.45, 7) is 5.59. The summed E-state index contributed by atoms with van der Waals surface area (Å²) < 4.78 is 36.8. The molecule has 0 saturated heterocycles. The maximum absolute atomic E-state index is 12.3. The highest BCUT2D eigenvalue weighted by molar-refractivity contribution is 5.43. The number of aromatic nitrogens is 1. The van der Waals surface area contributed by atoms with Crippen LogP contribution in [0.4, 0.5) is 19.0 Å². The van der Waals surface area contributed by atoms with Crippen molar-refractivity contribution in [1.29, 1.82) is 0 Å². The summed E-state index contributed by atoms with van der Waals surface area (Å²) in [4.78, 5) is 5.86. The molecule has 0 aliphatic rings. The Morgan fingerprint density at radius 1 is 1.20 bits per heavy atom. The zero-order chi connectivity index (χ0) is 15.6. The summed E-state index contributed by atoms with van der Waals surface area (Å²) in [6, 6.07) is 3.40. The van der Waals surface area contributed by atoms with E-state index in [4.69, 9.17) is 0 Å². The van der Waals surface area contributed by atoms with Crippen LogP contribution in [0.15, 0.2) is 12.1 Å². The van der Waals surface area contributed by atoms with Crippen LogP contribution in [-0.2, 0) is 12.0 Å². The molecular formula is C14H21F3N2O. The van der Waals surface area contributed by atoms with Gasteiger partial charge in [0, 0.05) is 24.7 Å². The molecule has 0 saturated carbocycles. The minimum absolute atomic E-state index is 0.158. The molecule has 0 unspecified atom stereocenters. The van der Waals surface area contributed by atoms with E-state index in [0.717, 1.165) is 5.69 Å². The number of hydrogen-bond acceptors (Lipinski definition) is 3. The number of aliphatic hydroxyl groups is 1. The normalized spacial score (nSPS) is 12.6. The molecular weight excluding hydrogens is 269 g/mol. The van der Waals surface area contributed by atoms with Gasteiger partial charge in [-0.25, -0.2) is 4.98 Å². The topological polar surface area (TPSA) is 36.4 Å². The highest BCUT2D eigenvalue weighted by Crippen LogP contribution is 2.26. The van der Waals surface area contributed by atoms with Gasteiger partial charge < -0.3 is 10.0 Å². The quantitative estimate of drug-likeness (QED) is 0.924. The van der Waals surface area contributed by atoms with Crippen LogP contribution in [0.1, 0.15) is 38.4 Å². The van der Waals surface area contributed by atoms with E-state index in [1.807, 2.05) is 20.8 Å². The lowest BCUT2D eigenvalue weighted by atomic mass is 9.91. The van der Waals surface area contributed by atoms with Crippen molar-refractivity contribution in [2.24, 2.45) is 0 Å². The number of anilines is 1. The van der Waals surface area contributed by atoms with Crippen molar-refractivity contribution in [3.8, 4) is 0 Å². The highest BCUT2D eigenvalue weighted by Gasteiger charge is 2.27. The largest absolute Gasteiger partial charge is 0.392 e. The van der Waals surface area contributed by atoms with Gasteiger partial charge in [-0.3, -0.25) is 0 Å². The van der Waals surface area contributed by atoms with Gasteiger partial charge in [-0.15, -0.1) is 0 Å². The molecule has 1 aromatic rings. The zero-order valence-electron chi connectivity index (χ0n) is 12.3. The molecule has 0 amide bonds. The molecule has 0 aliphatic heterocycles. The number of nitrogens with zero attached hydrogens (tertiary/aromatic N) is 2. The molecule has 20 heavy (non-hydrogen) atoms. The first-order chi connectivity index (χ1) is 9.03. The summed E-state index contributed by atoms with van der Waals surface area (Å²) in [5, 5.41) is 9.27. The first kappa shape index (κ1) is 16.8. The molecule has 0 atom stereocenters. The summed E-state index contributed by atoms with van der Waals surface area (Å²) in [6.07, 6.45) is -5.07. The molecule has 3 nitrogen and oxygen atoms in total. The molecule has 0 aromatic carbocycles. The third kappa shape index (κ3) is 5.00. The second-order valence-electron chi connectivity index (χ2n) is 5.91. The van der Waals surface area contributed by atoms with E-state index in [0.29, 0.717) is 11.4 Å². The van der Waals surface area contributed by atoms with E-state index in [1.54, 1.807) is 19.2 Å². The summed E-state index contributed by atoms with van der Waals surface area (Å²) in [5.41, 5.74) is 1.17. The van der Waals surface area contributed by atoms with Crippen molar-refractivity contribution in [3.63, 3.8) is 0 Å². The first-order valence-electron chi connectivity index (χ1n) is 6.43. The van der Waals surface area contributed by atoms with Gasteiger partial charge in [0.1, 0.15) is 5.82 Å². The maximum atomic E-state index is 12.3. The van der Waals surface area contributed by atoms with Gasteiger partial charge in [-0.1, -0.05) is 20.8 Å². The van der Waals surface area contributed by atoms with E-state index in [-0.39, 0.29) is 18.6 Å². The van der Waals surface area contributed by atoms with Crippen molar-refractivity contribution in [2.75, 3.05) is 18.5 Å². The number of halogens is 3. The molecule has 0 spiro atoms. The van der Waals surface area contributed by atoms with Crippen molar-refractivity contribution in [1.82, 2.24) is 4.98 Å². The predicted octanol–water partition coefficient (Wildman–Crippen LogP) is 3.26. The van der Waals surface area contributed by atoms with E-state index < -0.39 is 12.6 Å². The third-order valence-electron chi connectivity index (χ3n) is 2.94. The minimum atomic E-state index is -4.18. The minimum Gasteiger partial charge on any atom is -0.392 e. The summed E-state index contributed by atoms with van der Waals surface area (Å²) >= 11 is 0. The van der Waals surface area contributed by atoms with Crippen LogP contribution in [0.2, 0.25) is 0 Å². The van der Waals surface area contributed by atoms with Crippen LogP contribution in [0.5, 0.6) is 0 Å². The average molecular weight is 290 g/mol. The zero-order valence-corrected chi connectivity index (χ0v) is 12.3. The standard InChI is InChI=1S/C14H21F3N2O/c1-13(2,3)11-7-10(9-20)8-12(18-11)19(4)6-5-14(15,16)17/h7-8,20H,5-6,9H2,1-4H3. The predicted molar refractivity (Wildman–Crippen MR) is 72.8 cm³/mol. The lowest BCUT2D eigenvalue weighted by Gasteiger charge is -2.24. The van der Waals surface area contributed by atoms with Crippen molar-refractivity contribution < 1.29 is 18.3 Å². The van der Waals surface area contributed by atoms with Gasteiger partial charge in [0.05, 0.1) is 13.0 Å². The smallest absolute Gasteiger partial charge is 0.390 e. The molecule has 0 bridgehead atoms. The highest BCUT2D eigenvalue weighted by atomic mass is 19.4. The van der Waals surface area contributed by atoms with Crippen LogP contribution in [0, 0.1) is 0 Å². The second-order valence-corrected chi connectivity index (χ2v) is 5.91. The number of pyridine rings is 1. The van der Waals surface area contributed by atoms with Crippen LogP contribution in [-0.4, -0.2) is 29.9 Å². The summed E-state index contributed by atoms with van der Waals surface area (Å²) in [5.74, 6) is 0.450. The van der Waals surface area contributed by atoms with E-state index in [2.05, 4.69) is 4.98 Å². The fraction of sp³-hybridized carbons (Fsp3) is 0.643. The van der Waals surface area contributed by atoms with Gasteiger partial charge in [-0.2, -0.15) is 13.2 Å². The molecule has 114 valence electrons. The Hall–Kier alpha value is -1.30. The van der Waals surface area contributed by atoms with Crippen molar-refractivity contribution in [3.05, 3.63) is 23.4 Å². The lowest BCUT2D eigenvalue weighted by molar-refractivity contribution is -0.132. The van der Waals surface area contributed by atoms with Gasteiger partial charge in [0.15, 0.2) is 0 Å². The van der Waals surface area contributed by atoms with Crippen LogP contribution >= 0.6 is 0 Å². The van der Waals surface area contributed by atoms with Gasteiger partial charge >= 0.3 is 6.18 Å². The van der Waals surface area contributed by atoms with Gasteiger partial charge in [0.25, 0.3) is 0 Å². The third-order valence-corrected chi connectivity index (χ3v) is 2.94. The average Bonchev–Trinajstić information content (AvgIpc) is 2.33. The maximum Gasteiger partial charge on any atom is 0.390 e. The Labute approximate surface area is 117 Å². The Kier molecular flexibility index (Phi) is 5.02. The van der Waals surface area contributed by atoms with Crippen molar-refractivity contribution in [2.45, 2.75) is 45.4 Å². The van der Waals surface area contributed by atoms with E-state index >= 15 is 0 Å². The van der Waals surface area contributed by atoms with E-state index in [9.17, 15) is 18.3 Å². The Balaban J connectivity index is 2.99. The molecule has 1 N–H and O–H groups in total. The Morgan fingerprint density at radius 2 is 1.80 bits per heavy atom. The molecule has 0 fully saturated rings. The van der Waals surface area contributed by atoms with Gasteiger partial charge in [0.2, 0.25) is 0 Å². The Morgan fingerprint density at radius 3 is 2.25 bits per heavy atom. The fourth-order valence-corrected chi connectivity index (χ4v) is 1.65. The number of hydrogen-bond donors (Lipinski definition) is 1. The molecule has 1 aromatic heterocycles. The van der Waals surface area contributed by atoms with Crippen LogP contribution < -0.4 is 4.90 Å². The Bertz CT molecular complexity index is 453. The van der Waals surface area contributed by atoms with Crippen molar-refractivity contribution >= 4 is 5.82 Å². The SMILES string of the molecule is CN(CCC(F)(F)F)c1cc(CO)cc(C(C)(C)C)n1. The molecule has 0 aliphatic carbocycles. The van der Waals surface area contributed by atoms with Gasteiger partial charge in [-0.05, 0) is 17.7 Å². The number of rotatable bonds is 4. The van der Waals surface area contributed by atoms with E-state index in [1.165, 1.54) is 4.90 Å². The monoisotopic (exact) mass is 290 g/mol. The molecule has 1 heterocycles. The first-order valence-corrected chi connectivity index (χ1v) is 6.43. The fourth-order valence-electron chi connectivity index (χ4n) is 1.65. The second kappa shape index (κ2) is 5.99. The number of alkyl halides is 3. The number of aliphatic hydroxyl groups excluding tert-OH is 1.